The molecule has 0 aromatic rings. The first-order valence-electron chi connectivity index (χ1n) is 9.46. The Morgan fingerprint density at radius 3 is 2.64 bits per heavy atom. The highest BCUT2D eigenvalue weighted by Crippen LogP contribution is 2.65. The Hall–Kier alpha value is -0.570. The van der Waals surface area contributed by atoms with Gasteiger partial charge in [0.25, 0.3) is 0 Å². The molecule has 0 aliphatic heterocycles. The van der Waals surface area contributed by atoms with Crippen LogP contribution in [0.25, 0.3) is 0 Å². The molecule has 4 saturated carbocycles. The summed E-state index contributed by atoms with van der Waals surface area (Å²) in [5, 5.41) is 15.0. The van der Waals surface area contributed by atoms with Crippen molar-refractivity contribution in [2.24, 2.45) is 45.4 Å². The Kier molecular flexibility index (Phi) is 3.38. The van der Waals surface area contributed by atoms with Crippen LogP contribution >= 0.6 is 0 Å². The van der Waals surface area contributed by atoms with E-state index in [1.54, 1.807) is 0 Å². The molecule has 0 radical (unpaired) electrons. The maximum Gasteiger partial charge on any atom is 0.0576 e. The Labute approximate surface area is 134 Å². The summed E-state index contributed by atoms with van der Waals surface area (Å²) in [7, 11) is 0. The Morgan fingerprint density at radius 1 is 1.05 bits per heavy atom. The van der Waals surface area contributed by atoms with E-state index in [0.717, 1.165) is 18.8 Å². The van der Waals surface area contributed by atoms with Gasteiger partial charge < -0.3 is 10.9 Å². The van der Waals surface area contributed by atoms with Crippen molar-refractivity contribution in [2.75, 3.05) is 0 Å². The van der Waals surface area contributed by atoms with Gasteiger partial charge in [0.2, 0.25) is 0 Å². The average Bonchev–Trinajstić information content (AvgIpc) is 2.84. The lowest BCUT2D eigenvalue weighted by Gasteiger charge is -2.61. The van der Waals surface area contributed by atoms with Gasteiger partial charge in [-0.15, -0.1) is 0 Å². The van der Waals surface area contributed by atoms with Gasteiger partial charge in [0, 0.05) is 11.1 Å². The largest absolute Gasteiger partial charge is 0.393 e. The van der Waals surface area contributed by atoms with E-state index >= 15 is 0 Å². The van der Waals surface area contributed by atoms with E-state index < -0.39 is 0 Å². The summed E-state index contributed by atoms with van der Waals surface area (Å²) in [6.07, 6.45) is 11.1. The van der Waals surface area contributed by atoms with Gasteiger partial charge in [0.1, 0.15) is 0 Å². The monoisotopic (exact) mass is 304 g/mol. The van der Waals surface area contributed by atoms with Crippen LogP contribution in [0, 0.1) is 34.5 Å². The number of fused-ring (bicyclic) bond motifs is 5. The highest BCUT2D eigenvalue weighted by molar-refractivity contribution is 5.92. The average molecular weight is 304 g/mol. The predicted molar refractivity (Wildman–Crippen MR) is 89.4 cm³/mol. The van der Waals surface area contributed by atoms with Gasteiger partial charge >= 0.3 is 0 Å². The highest BCUT2D eigenvalue weighted by atomic mass is 16.3. The summed E-state index contributed by atoms with van der Waals surface area (Å²) < 4.78 is 0. The van der Waals surface area contributed by atoms with E-state index in [0.29, 0.717) is 23.2 Å². The van der Waals surface area contributed by atoms with Crippen molar-refractivity contribution in [1.29, 1.82) is 0 Å². The molecule has 3 N–H and O–H groups in total. The van der Waals surface area contributed by atoms with Crippen LogP contribution in [0.15, 0.2) is 5.10 Å². The molecule has 4 aliphatic rings. The maximum absolute atomic E-state index is 10.9. The molecule has 4 rings (SSSR count). The fourth-order valence-electron chi connectivity index (χ4n) is 7.36. The van der Waals surface area contributed by atoms with E-state index in [9.17, 15) is 5.11 Å². The normalized spacial score (nSPS) is 56.3. The molecule has 0 aromatic heterocycles. The molecular formula is C19H32N2O. The molecule has 7 atom stereocenters. The highest BCUT2D eigenvalue weighted by Gasteiger charge is 2.60. The molecule has 7 unspecified atom stereocenters. The number of nitrogens with two attached hydrogens (primary N) is 1. The summed E-state index contributed by atoms with van der Waals surface area (Å²) >= 11 is 0. The standard InChI is InChI=1S/C19H32N2O/c1-18-9-4-3-5-15(18)16(22)11-12-13-6-7-17(21-20)19(13,2)10-8-14(12)18/h12-16,22H,3-11,20H2,1-2H3. The molecule has 0 amide bonds. The molecule has 0 heterocycles. The van der Waals surface area contributed by atoms with Crippen LogP contribution in [0.5, 0.6) is 0 Å². The molecule has 0 spiro atoms. The number of hydrazone groups is 1. The molecule has 0 aromatic carbocycles. The fraction of sp³-hybridized carbons (Fsp3) is 0.947. The van der Waals surface area contributed by atoms with Crippen LogP contribution in [-0.4, -0.2) is 16.9 Å². The van der Waals surface area contributed by atoms with Crippen molar-refractivity contribution in [2.45, 2.75) is 77.7 Å². The van der Waals surface area contributed by atoms with Crippen molar-refractivity contribution < 1.29 is 5.11 Å². The molecule has 0 bridgehead atoms. The number of nitrogens with zero attached hydrogens (tertiary/aromatic N) is 1. The van der Waals surface area contributed by atoms with Gasteiger partial charge in [0.15, 0.2) is 0 Å². The molecular weight excluding hydrogens is 272 g/mol. The Morgan fingerprint density at radius 2 is 1.86 bits per heavy atom. The zero-order chi connectivity index (χ0) is 15.5. The van der Waals surface area contributed by atoms with Crippen LogP contribution in [-0.2, 0) is 0 Å². The summed E-state index contributed by atoms with van der Waals surface area (Å²) in [5.41, 5.74) is 1.85. The molecule has 4 fully saturated rings. The third kappa shape index (κ3) is 1.81. The quantitative estimate of drug-likeness (QED) is 0.529. The van der Waals surface area contributed by atoms with Crippen molar-refractivity contribution >= 4 is 5.71 Å². The van der Waals surface area contributed by atoms with Crippen LogP contribution in [0.1, 0.15) is 71.6 Å². The first kappa shape index (κ1) is 15.0. The topological polar surface area (TPSA) is 58.6 Å². The number of aliphatic hydroxyl groups excluding tert-OH is 1. The van der Waals surface area contributed by atoms with Crippen molar-refractivity contribution in [3.8, 4) is 0 Å². The first-order chi connectivity index (χ1) is 10.5. The van der Waals surface area contributed by atoms with Gasteiger partial charge in [-0.25, -0.2) is 0 Å². The predicted octanol–water partition coefficient (Wildman–Crippen LogP) is 3.70. The maximum atomic E-state index is 10.9. The van der Waals surface area contributed by atoms with E-state index in [1.165, 1.54) is 50.7 Å². The second kappa shape index (κ2) is 4.96. The number of rotatable bonds is 0. The lowest BCUT2D eigenvalue weighted by Crippen LogP contribution is -2.57. The first-order valence-corrected chi connectivity index (χ1v) is 9.46. The molecule has 4 aliphatic carbocycles. The molecule has 3 heteroatoms. The van der Waals surface area contributed by atoms with Crippen LogP contribution < -0.4 is 5.84 Å². The number of aliphatic hydroxyl groups is 1. The van der Waals surface area contributed by atoms with Gasteiger partial charge in [-0.05, 0) is 74.0 Å². The summed E-state index contributed by atoms with van der Waals surface area (Å²) in [6, 6.07) is 0. The zero-order valence-electron chi connectivity index (χ0n) is 14.2. The second-order valence-corrected chi connectivity index (χ2v) is 9.11. The molecule has 3 nitrogen and oxygen atoms in total. The third-order valence-electron chi connectivity index (χ3n) is 8.49. The minimum atomic E-state index is -0.0761. The zero-order valence-corrected chi connectivity index (χ0v) is 14.2. The Bertz CT molecular complexity index is 490. The van der Waals surface area contributed by atoms with Crippen LogP contribution in [0.3, 0.4) is 0 Å². The second-order valence-electron chi connectivity index (χ2n) is 9.11. The Balaban J connectivity index is 1.69. The van der Waals surface area contributed by atoms with E-state index in [4.69, 9.17) is 5.84 Å². The molecule has 0 saturated heterocycles. The minimum absolute atomic E-state index is 0.0761. The van der Waals surface area contributed by atoms with Gasteiger partial charge in [0.05, 0.1) is 6.10 Å². The number of hydrogen-bond acceptors (Lipinski definition) is 3. The lowest BCUT2D eigenvalue weighted by molar-refractivity contribution is -0.147. The summed E-state index contributed by atoms with van der Waals surface area (Å²) in [6.45, 7) is 4.90. The van der Waals surface area contributed by atoms with Gasteiger partial charge in [-0.1, -0.05) is 26.7 Å². The minimum Gasteiger partial charge on any atom is -0.393 e. The van der Waals surface area contributed by atoms with Crippen molar-refractivity contribution in [3.63, 3.8) is 0 Å². The fourth-order valence-corrected chi connectivity index (χ4v) is 7.36. The smallest absolute Gasteiger partial charge is 0.0576 e. The third-order valence-corrected chi connectivity index (χ3v) is 8.49. The van der Waals surface area contributed by atoms with Gasteiger partial charge in [-0.3, -0.25) is 0 Å². The summed E-state index contributed by atoms with van der Waals surface area (Å²) in [5.74, 6) is 8.44. The molecule has 22 heavy (non-hydrogen) atoms. The molecule has 124 valence electrons. The number of hydrogen-bond donors (Lipinski definition) is 2. The SMILES string of the molecule is CC12CCC3C(CC(O)C4CCCCC43C)C1CCC2=NN. The van der Waals surface area contributed by atoms with Crippen LogP contribution in [0.2, 0.25) is 0 Å². The van der Waals surface area contributed by atoms with Crippen LogP contribution in [0.4, 0.5) is 0 Å². The van der Waals surface area contributed by atoms with Gasteiger partial charge in [-0.2, -0.15) is 5.10 Å². The van der Waals surface area contributed by atoms with E-state index in [1.807, 2.05) is 0 Å². The van der Waals surface area contributed by atoms with Crippen molar-refractivity contribution in [1.82, 2.24) is 0 Å². The summed E-state index contributed by atoms with van der Waals surface area (Å²) in [4.78, 5) is 0. The van der Waals surface area contributed by atoms with Crippen molar-refractivity contribution in [3.05, 3.63) is 0 Å². The van der Waals surface area contributed by atoms with E-state index in [-0.39, 0.29) is 11.5 Å². The lowest BCUT2D eigenvalue weighted by atomic mass is 9.44. The van der Waals surface area contributed by atoms with E-state index in [2.05, 4.69) is 18.9 Å².